The summed E-state index contributed by atoms with van der Waals surface area (Å²) in [6, 6.07) is 0. The van der Waals surface area contributed by atoms with Crippen LogP contribution in [0.15, 0.2) is 0 Å². The number of morpholine rings is 1. The minimum Gasteiger partial charge on any atom is -0.466 e. The molecule has 1 heterocycles. The Kier molecular flexibility index (Phi) is 4.78. The van der Waals surface area contributed by atoms with Gasteiger partial charge in [0.1, 0.15) is 0 Å². The van der Waals surface area contributed by atoms with Crippen LogP contribution in [0, 0.1) is 0 Å². The van der Waals surface area contributed by atoms with Gasteiger partial charge >= 0.3 is 5.97 Å². The van der Waals surface area contributed by atoms with E-state index in [2.05, 4.69) is 5.32 Å². The van der Waals surface area contributed by atoms with Crippen LogP contribution < -0.4 is 5.32 Å². The maximum Gasteiger partial charge on any atom is 0.305 e. The molecule has 1 saturated heterocycles. The zero-order valence-electron chi connectivity index (χ0n) is 8.04. The number of hydrogen-bond acceptors (Lipinski definition) is 4. The molecule has 0 saturated carbocycles. The van der Waals surface area contributed by atoms with Crippen LogP contribution in [0.4, 0.5) is 0 Å². The fourth-order valence-corrected chi connectivity index (χ4v) is 1.21. The van der Waals surface area contributed by atoms with Crippen LogP contribution in [-0.4, -0.2) is 38.4 Å². The molecule has 0 radical (unpaired) electrons. The smallest absolute Gasteiger partial charge is 0.305 e. The highest BCUT2D eigenvalue weighted by atomic mass is 16.5. The van der Waals surface area contributed by atoms with Gasteiger partial charge < -0.3 is 14.8 Å². The van der Waals surface area contributed by atoms with Crippen molar-refractivity contribution >= 4 is 5.97 Å². The molecule has 1 unspecified atom stereocenters. The Balaban J connectivity index is 2.01. The highest BCUT2D eigenvalue weighted by Crippen LogP contribution is 2.01. The van der Waals surface area contributed by atoms with Gasteiger partial charge in [0.25, 0.3) is 0 Å². The lowest BCUT2D eigenvalue weighted by atomic mass is 10.2. The van der Waals surface area contributed by atoms with E-state index in [4.69, 9.17) is 9.47 Å². The Bertz CT molecular complexity index is 155. The molecule has 1 aliphatic rings. The van der Waals surface area contributed by atoms with Gasteiger partial charge in [0, 0.05) is 25.9 Å². The Hall–Kier alpha value is -0.610. The van der Waals surface area contributed by atoms with Crippen molar-refractivity contribution in [2.45, 2.75) is 25.9 Å². The van der Waals surface area contributed by atoms with Crippen LogP contribution in [0.1, 0.15) is 19.8 Å². The van der Waals surface area contributed by atoms with Gasteiger partial charge in [0.2, 0.25) is 0 Å². The summed E-state index contributed by atoms with van der Waals surface area (Å²) in [5.74, 6) is -0.135. The molecule has 1 aliphatic heterocycles. The van der Waals surface area contributed by atoms with Gasteiger partial charge in [-0.2, -0.15) is 0 Å². The molecule has 0 aromatic carbocycles. The predicted octanol–water partition coefficient (Wildman–Crippen LogP) is 0.318. The van der Waals surface area contributed by atoms with E-state index in [1.165, 1.54) is 0 Å². The Labute approximate surface area is 78.6 Å². The van der Waals surface area contributed by atoms with Crippen molar-refractivity contribution in [3.05, 3.63) is 0 Å². The van der Waals surface area contributed by atoms with E-state index in [0.29, 0.717) is 13.0 Å². The molecule has 0 aromatic rings. The first-order valence-electron chi connectivity index (χ1n) is 4.81. The van der Waals surface area contributed by atoms with Crippen LogP contribution in [0.2, 0.25) is 0 Å². The van der Waals surface area contributed by atoms with E-state index in [-0.39, 0.29) is 12.1 Å². The molecule has 0 amide bonds. The Morgan fingerprint density at radius 1 is 1.69 bits per heavy atom. The summed E-state index contributed by atoms with van der Waals surface area (Å²) >= 11 is 0. The second-order valence-corrected chi connectivity index (χ2v) is 3.06. The minimum atomic E-state index is -0.135. The van der Waals surface area contributed by atoms with Gasteiger partial charge in [-0.25, -0.2) is 0 Å². The number of carbonyl (C=O) groups excluding carboxylic acids is 1. The average molecular weight is 187 g/mol. The topological polar surface area (TPSA) is 47.6 Å². The molecule has 4 heteroatoms. The average Bonchev–Trinajstić information content (AvgIpc) is 2.19. The SMILES string of the molecule is CCC(=O)OCCC1CNCCO1. The fourth-order valence-electron chi connectivity index (χ4n) is 1.21. The molecule has 4 nitrogen and oxygen atoms in total. The van der Waals surface area contributed by atoms with E-state index in [1.54, 1.807) is 6.92 Å². The van der Waals surface area contributed by atoms with Crippen molar-refractivity contribution in [1.82, 2.24) is 5.32 Å². The van der Waals surface area contributed by atoms with E-state index in [1.807, 2.05) is 0 Å². The van der Waals surface area contributed by atoms with E-state index in [0.717, 1.165) is 26.1 Å². The zero-order chi connectivity index (χ0) is 9.52. The fraction of sp³-hybridized carbons (Fsp3) is 0.889. The Morgan fingerprint density at radius 2 is 2.54 bits per heavy atom. The van der Waals surface area contributed by atoms with Crippen LogP contribution in [0.3, 0.4) is 0 Å². The van der Waals surface area contributed by atoms with Crippen LogP contribution in [0.5, 0.6) is 0 Å². The molecule has 1 atom stereocenters. The van der Waals surface area contributed by atoms with E-state index >= 15 is 0 Å². The van der Waals surface area contributed by atoms with Gasteiger partial charge in [-0.3, -0.25) is 4.79 Å². The van der Waals surface area contributed by atoms with Crippen molar-refractivity contribution in [2.75, 3.05) is 26.3 Å². The lowest BCUT2D eigenvalue weighted by Crippen LogP contribution is -2.39. The molecule has 0 spiro atoms. The molecule has 1 N–H and O–H groups in total. The summed E-state index contributed by atoms with van der Waals surface area (Å²) in [5, 5.41) is 3.22. The second kappa shape index (κ2) is 5.94. The van der Waals surface area contributed by atoms with Crippen molar-refractivity contribution in [2.24, 2.45) is 0 Å². The van der Waals surface area contributed by atoms with Crippen molar-refractivity contribution in [3.63, 3.8) is 0 Å². The summed E-state index contributed by atoms with van der Waals surface area (Å²) < 4.78 is 10.4. The maximum atomic E-state index is 10.8. The lowest BCUT2D eigenvalue weighted by molar-refractivity contribution is -0.144. The molecular weight excluding hydrogens is 170 g/mol. The first kappa shape index (κ1) is 10.5. The number of carbonyl (C=O) groups is 1. The van der Waals surface area contributed by atoms with Crippen molar-refractivity contribution < 1.29 is 14.3 Å². The molecule has 1 rings (SSSR count). The number of esters is 1. The molecule has 1 fully saturated rings. The first-order valence-corrected chi connectivity index (χ1v) is 4.81. The predicted molar refractivity (Wildman–Crippen MR) is 48.5 cm³/mol. The number of rotatable bonds is 4. The zero-order valence-corrected chi connectivity index (χ0v) is 8.04. The largest absolute Gasteiger partial charge is 0.466 e. The second-order valence-electron chi connectivity index (χ2n) is 3.06. The van der Waals surface area contributed by atoms with Gasteiger partial charge in [-0.05, 0) is 0 Å². The quantitative estimate of drug-likeness (QED) is 0.644. The Morgan fingerprint density at radius 3 is 3.15 bits per heavy atom. The van der Waals surface area contributed by atoms with Crippen LogP contribution in [-0.2, 0) is 14.3 Å². The maximum absolute atomic E-state index is 10.8. The van der Waals surface area contributed by atoms with Crippen molar-refractivity contribution in [3.8, 4) is 0 Å². The molecular formula is C9H17NO3. The molecule has 0 aliphatic carbocycles. The van der Waals surface area contributed by atoms with E-state index < -0.39 is 0 Å². The van der Waals surface area contributed by atoms with Gasteiger partial charge in [0.05, 0.1) is 19.3 Å². The molecule has 76 valence electrons. The third-order valence-electron chi connectivity index (χ3n) is 2.00. The third-order valence-corrected chi connectivity index (χ3v) is 2.00. The third kappa shape index (κ3) is 4.24. The lowest BCUT2D eigenvalue weighted by Gasteiger charge is -2.23. The monoisotopic (exact) mass is 187 g/mol. The molecule has 0 bridgehead atoms. The number of ether oxygens (including phenoxy) is 2. The van der Waals surface area contributed by atoms with Gasteiger partial charge in [-0.1, -0.05) is 6.92 Å². The normalized spacial score (nSPS) is 22.7. The summed E-state index contributed by atoms with van der Waals surface area (Å²) in [6.07, 6.45) is 1.45. The number of hydrogen-bond donors (Lipinski definition) is 1. The standard InChI is InChI=1S/C9H17NO3/c1-2-9(11)13-5-3-8-7-10-4-6-12-8/h8,10H,2-7H2,1H3. The highest BCUT2D eigenvalue weighted by Gasteiger charge is 2.13. The van der Waals surface area contributed by atoms with Crippen LogP contribution >= 0.6 is 0 Å². The minimum absolute atomic E-state index is 0.135. The molecule has 0 aromatic heterocycles. The summed E-state index contributed by atoms with van der Waals surface area (Å²) in [4.78, 5) is 10.8. The van der Waals surface area contributed by atoms with Crippen molar-refractivity contribution in [1.29, 1.82) is 0 Å². The van der Waals surface area contributed by atoms with E-state index in [9.17, 15) is 4.79 Å². The number of nitrogens with one attached hydrogen (secondary N) is 1. The van der Waals surface area contributed by atoms with Gasteiger partial charge in [-0.15, -0.1) is 0 Å². The summed E-state index contributed by atoms with van der Waals surface area (Å²) in [5.41, 5.74) is 0. The highest BCUT2D eigenvalue weighted by molar-refractivity contribution is 5.68. The molecule has 13 heavy (non-hydrogen) atoms. The first-order chi connectivity index (χ1) is 6.33. The summed E-state index contributed by atoms with van der Waals surface area (Å²) in [7, 11) is 0. The van der Waals surface area contributed by atoms with Gasteiger partial charge in [0.15, 0.2) is 0 Å². The van der Waals surface area contributed by atoms with Crippen LogP contribution in [0.25, 0.3) is 0 Å². The summed E-state index contributed by atoms with van der Waals surface area (Å²) in [6.45, 7) is 4.81.